The normalized spacial score (nSPS) is 20.7. The Hall–Kier alpha value is -3.11. The topological polar surface area (TPSA) is 111 Å². The van der Waals surface area contributed by atoms with Crippen LogP contribution in [-0.4, -0.2) is 56.3 Å². The first kappa shape index (κ1) is 30.4. The fraction of sp³-hybridized carbons (Fsp3) is 0.517. The maximum Gasteiger partial charge on any atom is 0.410 e. The minimum absolute atomic E-state index is 0.0598. The molecular formula is C29H40N2O7S. The van der Waals surface area contributed by atoms with Crippen molar-refractivity contribution in [2.75, 3.05) is 13.1 Å². The Morgan fingerprint density at radius 2 is 1.74 bits per heavy atom. The van der Waals surface area contributed by atoms with Gasteiger partial charge in [-0.15, -0.1) is 0 Å². The number of carbonyl (C=O) groups is 2. The fourth-order valence-corrected chi connectivity index (χ4v) is 5.87. The molecule has 1 aliphatic rings. The molecule has 3 rings (SSSR count). The molecule has 10 heteroatoms. The van der Waals surface area contributed by atoms with Crippen molar-refractivity contribution in [2.45, 2.75) is 83.6 Å². The lowest BCUT2D eigenvalue weighted by Crippen LogP contribution is -2.57. The highest BCUT2D eigenvalue weighted by Crippen LogP contribution is 2.40. The van der Waals surface area contributed by atoms with Gasteiger partial charge in [-0.3, -0.25) is 4.18 Å². The highest BCUT2D eigenvalue weighted by atomic mass is 32.2. The molecule has 1 aliphatic heterocycles. The summed E-state index contributed by atoms with van der Waals surface area (Å²) in [6.45, 7) is 11.4. The maximum absolute atomic E-state index is 13.1. The van der Waals surface area contributed by atoms with Crippen LogP contribution in [0, 0.1) is 12.3 Å². The van der Waals surface area contributed by atoms with Crippen LogP contribution in [0.1, 0.15) is 58.6 Å². The minimum atomic E-state index is -4.07. The predicted octanol–water partition coefficient (Wildman–Crippen LogP) is 5.42. The zero-order valence-corrected chi connectivity index (χ0v) is 24.4. The summed E-state index contributed by atoms with van der Waals surface area (Å²) in [5, 5.41) is 2.81. The van der Waals surface area contributed by atoms with E-state index >= 15 is 0 Å². The number of nitrogens with one attached hydrogen (secondary N) is 1. The van der Waals surface area contributed by atoms with Crippen molar-refractivity contribution in [3.8, 4) is 0 Å². The number of amides is 2. The molecule has 1 fully saturated rings. The smallest absolute Gasteiger partial charge is 0.410 e. The SMILES string of the molecule is Cc1ccc(S(=O)(=O)OC(C)[C@]2(CNC(=O)OCc3ccccc3)CCN(C(=O)OC(C)(C)C)[C@@H](C)C2)cc1. The van der Waals surface area contributed by atoms with Crippen molar-refractivity contribution < 1.29 is 31.7 Å². The number of benzene rings is 2. The predicted molar refractivity (Wildman–Crippen MR) is 148 cm³/mol. The number of likely N-dealkylation sites (tertiary alicyclic amines) is 1. The Kier molecular flexibility index (Phi) is 9.66. The van der Waals surface area contributed by atoms with Crippen LogP contribution in [0.25, 0.3) is 0 Å². The van der Waals surface area contributed by atoms with Crippen LogP contribution >= 0.6 is 0 Å². The van der Waals surface area contributed by atoms with E-state index < -0.39 is 39.4 Å². The van der Waals surface area contributed by atoms with Gasteiger partial charge in [0.25, 0.3) is 10.1 Å². The second-order valence-electron chi connectivity index (χ2n) is 11.3. The summed E-state index contributed by atoms with van der Waals surface area (Å²) in [6, 6.07) is 15.5. The van der Waals surface area contributed by atoms with Crippen molar-refractivity contribution in [3.05, 3.63) is 65.7 Å². The Bertz CT molecular complexity index is 1230. The summed E-state index contributed by atoms with van der Waals surface area (Å²) in [6.07, 6.45) is -1.08. The second-order valence-corrected chi connectivity index (χ2v) is 12.8. The monoisotopic (exact) mass is 560 g/mol. The number of hydrogen-bond acceptors (Lipinski definition) is 7. The molecule has 2 amide bonds. The van der Waals surface area contributed by atoms with Gasteiger partial charge in [-0.25, -0.2) is 9.59 Å². The van der Waals surface area contributed by atoms with Gasteiger partial charge in [-0.05, 0) is 72.1 Å². The fourth-order valence-electron chi connectivity index (χ4n) is 4.70. The molecule has 0 spiro atoms. The molecular weight excluding hydrogens is 520 g/mol. The molecule has 0 aromatic heterocycles. The molecule has 1 N–H and O–H groups in total. The molecule has 3 atom stereocenters. The summed E-state index contributed by atoms with van der Waals surface area (Å²) in [7, 11) is -4.07. The molecule has 1 saturated heterocycles. The van der Waals surface area contributed by atoms with Crippen molar-refractivity contribution in [1.29, 1.82) is 0 Å². The van der Waals surface area contributed by atoms with Gasteiger partial charge in [-0.2, -0.15) is 8.42 Å². The molecule has 0 bridgehead atoms. The van der Waals surface area contributed by atoms with Crippen molar-refractivity contribution in [2.24, 2.45) is 5.41 Å². The molecule has 1 unspecified atom stereocenters. The third-order valence-corrected chi connectivity index (χ3v) is 8.34. The second kappa shape index (κ2) is 12.4. The first-order valence-electron chi connectivity index (χ1n) is 13.1. The van der Waals surface area contributed by atoms with Gasteiger partial charge >= 0.3 is 12.2 Å². The Balaban J connectivity index is 1.77. The molecule has 2 aromatic carbocycles. The summed E-state index contributed by atoms with van der Waals surface area (Å²) < 4.78 is 42.9. The first-order valence-corrected chi connectivity index (χ1v) is 14.6. The molecule has 0 aliphatic carbocycles. The molecule has 0 radical (unpaired) electrons. The van der Waals surface area contributed by atoms with Crippen LogP contribution in [0.4, 0.5) is 9.59 Å². The Morgan fingerprint density at radius 3 is 2.33 bits per heavy atom. The third kappa shape index (κ3) is 8.44. The molecule has 0 saturated carbocycles. The van der Waals surface area contributed by atoms with Gasteiger partial charge in [0.1, 0.15) is 12.2 Å². The van der Waals surface area contributed by atoms with E-state index in [4.69, 9.17) is 13.7 Å². The van der Waals surface area contributed by atoms with Crippen molar-refractivity contribution >= 4 is 22.3 Å². The molecule has 214 valence electrons. The van der Waals surface area contributed by atoms with Crippen LogP contribution in [0.15, 0.2) is 59.5 Å². The largest absolute Gasteiger partial charge is 0.445 e. The van der Waals surface area contributed by atoms with E-state index in [1.165, 1.54) is 12.1 Å². The van der Waals surface area contributed by atoms with E-state index in [1.807, 2.05) is 44.2 Å². The molecule has 39 heavy (non-hydrogen) atoms. The van der Waals surface area contributed by atoms with E-state index in [0.29, 0.717) is 19.4 Å². The molecule has 2 aromatic rings. The van der Waals surface area contributed by atoms with Crippen LogP contribution in [0.2, 0.25) is 0 Å². The average Bonchev–Trinajstić information content (AvgIpc) is 2.85. The van der Waals surface area contributed by atoms with Crippen molar-refractivity contribution in [1.82, 2.24) is 10.2 Å². The van der Waals surface area contributed by atoms with E-state index in [2.05, 4.69) is 5.32 Å². The number of hydrogen-bond donors (Lipinski definition) is 1. The van der Waals surface area contributed by atoms with Gasteiger partial charge in [-0.1, -0.05) is 48.0 Å². The van der Waals surface area contributed by atoms with Gasteiger partial charge in [0.05, 0.1) is 11.0 Å². The molecule has 9 nitrogen and oxygen atoms in total. The number of piperidine rings is 1. The van der Waals surface area contributed by atoms with E-state index in [1.54, 1.807) is 44.7 Å². The summed E-state index contributed by atoms with van der Waals surface area (Å²) in [5.74, 6) is 0. The molecule has 1 heterocycles. The van der Waals surface area contributed by atoms with Crippen LogP contribution in [0.5, 0.6) is 0 Å². The maximum atomic E-state index is 13.1. The zero-order valence-electron chi connectivity index (χ0n) is 23.6. The van der Waals surface area contributed by atoms with Gasteiger partial charge in [0, 0.05) is 24.5 Å². The number of aryl methyl sites for hydroxylation is 1. The lowest BCUT2D eigenvalue weighted by atomic mass is 9.71. The number of ether oxygens (including phenoxy) is 2. The van der Waals surface area contributed by atoms with E-state index in [-0.39, 0.29) is 24.1 Å². The number of nitrogens with zero attached hydrogens (tertiary/aromatic N) is 1. The van der Waals surface area contributed by atoms with Gasteiger partial charge in [0.15, 0.2) is 0 Å². The minimum Gasteiger partial charge on any atom is -0.445 e. The summed E-state index contributed by atoms with van der Waals surface area (Å²) >= 11 is 0. The Labute approximate surface area is 231 Å². The van der Waals surface area contributed by atoms with Crippen LogP contribution in [0.3, 0.4) is 0 Å². The Morgan fingerprint density at radius 1 is 1.10 bits per heavy atom. The van der Waals surface area contributed by atoms with E-state index in [0.717, 1.165) is 11.1 Å². The third-order valence-electron chi connectivity index (χ3n) is 6.95. The summed E-state index contributed by atoms with van der Waals surface area (Å²) in [5.41, 5.74) is 0.345. The van der Waals surface area contributed by atoms with Gasteiger partial charge in [0.2, 0.25) is 0 Å². The van der Waals surface area contributed by atoms with Crippen LogP contribution in [-0.2, 0) is 30.4 Å². The van der Waals surface area contributed by atoms with E-state index in [9.17, 15) is 18.0 Å². The summed E-state index contributed by atoms with van der Waals surface area (Å²) in [4.78, 5) is 27.1. The average molecular weight is 561 g/mol. The van der Waals surface area contributed by atoms with Gasteiger partial charge < -0.3 is 19.7 Å². The lowest BCUT2D eigenvalue weighted by Gasteiger charge is -2.48. The quantitative estimate of drug-likeness (QED) is 0.429. The number of carbonyl (C=O) groups excluding carboxylic acids is 2. The lowest BCUT2D eigenvalue weighted by molar-refractivity contribution is -0.0342. The first-order chi connectivity index (χ1) is 18.2. The number of rotatable bonds is 8. The van der Waals surface area contributed by atoms with Crippen molar-refractivity contribution in [3.63, 3.8) is 0 Å². The zero-order chi connectivity index (χ0) is 28.8. The highest BCUT2D eigenvalue weighted by Gasteiger charge is 2.46. The highest BCUT2D eigenvalue weighted by molar-refractivity contribution is 7.86. The number of alkyl carbamates (subject to hydrolysis) is 1. The van der Waals surface area contributed by atoms with Crippen LogP contribution < -0.4 is 5.32 Å². The standard InChI is InChI=1S/C29H40N2O7S/c1-21-12-14-25(15-13-21)39(34,35)38-23(3)29(20-30-26(32)36-19-24-10-8-7-9-11-24)16-17-31(22(2)18-29)27(33)37-28(4,5)6/h7-15,22-23H,16-20H2,1-6H3,(H,30,32)/t22-,23?,29+/m0/s1.